The van der Waals surface area contributed by atoms with Gasteiger partial charge in [-0.25, -0.2) is 0 Å². The Bertz CT molecular complexity index is 1060. The summed E-state index contributed by atoms with van der Waals surface area (Å²) in [6.07, 6.45) is 3.79. The van der Waals surface area contributed by atoms with Gasteiger partial charge in [0.15, 0.2) is 0 Å². The van der Waals surface area contributed by atoms with Gasteiger partial charge in [-0.2, -0.15) is 0 Å². The van der Waals surface area contributed by atoms with E-state index in [-0.39, 0.29) is 30.9 Å². The van der Waals surface area contributed by atoms with E-state index in [0.29, 0.717) is 38.1 Å². The molecular formula is C26H38N6O7S2. The number of fused-ring (bicyclic) bond motifs is 7. The molecule has 0 unspecified atom stereocenters. The first-order valence-corrected chi connectivity index (χ1v) is 16.4. The SMILES string of the molecule is CN1CCN(C(=O)CC[C@H]2NC(=O)C[C@H]3/C=C/CCSSC[C@@H](NC2=O)C(=O)NC2(CC2)C(=O)NCC(=O)O3)CC1. The maximum absolute atomic E-state index is 13.5. The van der Waals surface area contributed by atoms with Gasteiger partial charge in [0.25, 0.3) is 0 Å². The number of carbonyl (C=O) groups is 6. The lowest BCUT2D eigenvalue weighted by atomic mass is 10.1. The minimum absolute atomic E-state index is 0.0329. The normalized spacial score (nSPS) is 29.3. The van der Waals surface area contributed by atoms with Crippen LogP contribution in [0, 0.1) is 0 Å². The molecule has 1 saturated carbocycles. The fourth-order valence-electron chi connectivity index (χ4n) is 4.72. The number of allylic oxidation sites excluding steroid dienone is 1. The summed E-state index contributed by atoms with van der Waals surface area (Å²) in [5.74, 6) is -2.10. The molecule has 4 aliphatic rings. The van der Waals surface area contributed by atoms with Crippen LogP contribution in [0.25, 0.3) is 0 Å². The van der Waals surface area contributed by atoms with Gasteiger partial charge >= 0.3 is 5.97 Å². The first-order valence-electron chi connectivity index (χ1n) is 13.9. The van der Waals surface area contributed by atoms with Crippen LogP contribution in [-0.2, 0) is 33.5 Å². The van der Waals surface area contributed by atoms with Crippen molar-refractivity contribution in [2.75, 3.05) is 51.3 Å². The minimum atomic E-state index is -1.15. The van der Waals surface area contributed by atoms with Crippen molar-refractivity contribution in [1.82, 2.24) is 31.1 Å². The molecule has 4 rings (SSSR count). The highest BCUT2D eigenvalue weighted by atomic mass is 33.1. The number of likely N-dealkylation sites (N-methyl/N-ethyl adjacent to an activating group) is 1. The van der Waals surface area contributed by atoms with Gasteiger partial charge in [0.2, 0.25) is 29.5 Å². The van der Waals surface area contributed by atoms with Gasteiger partial charge in [0.1, 0.15) is 30.3 Å². The summed E-state index contributed by atoms with van der Waals surface area (Å²) >= 11 is 0. The lowest BCUT2D eigenvalue weighted by molar-refractivity contribution is -0.148. The fourth-order valence-corrected chi connectivity index (χ4v) is 6.88. The average molecular weight is 611 g/mol. The summed E-state index contributed by atoms with van der Waals surface area (Å²) in [5, 5.41) is 10.7. The summed E-state index contributed by atoms with van der Waals surface area (Å²) in [6.45, 7) is 2.28. The van der Waals surface area contributed by atoms with Crippen molar-refractivity contribution in [3.05, 3.63) is 12.2 Å². The lowest BCUT2D eigenvalue weighted by Crippen LogP contribution is -2.59. The molecule has 1 spiro atoms. The predicted molar refractivity (Wildman–Crippen MR) is 153 cm³/mol. The van der Waals surface area contributed by atoms with Crippen molar-refractivity contribution < 1.29 is 33.5 Å². The van der Waals surface area contributed by atoms with Crippen molar-refractivity contribution in [3.8, 4) is 0 Å². The Morgan fingerprint density at radius 1 is 1.05 bits per heavy atom. The molecule has 0 radical (unpaired) electrons. The Labute approximate surface area is 247 Å². The average Bonchev–Trinajstić information content (AvgIpc) is 3.72. The molecule has 226 valence electrons. The molecule has 2 bridgehead atoms. The smallest absolute Gasteiger partial charge is 0.326 e. The molecule has 13 nitrogen and oxygen atoms in total. The summed E-state index contributed by atoms with van der Waals surface area (Å²) in [7, 11) is 4.92. The second-order valence-electron chi connectivity index (χ2n) is 10.7. The third-order valence-electron chi connectivity index (χ3n) is 7.43. The fraction of sp³-hybridized carbons (Fsp3) is 0.692. The number of ether oxygens (including phenoxy) is 1. The zero-order chi connectivity index (χ0) is 29.4. The maximum Gasteiger partial charge on any atom is 0.326 e. The van der Waals surface area contributed by atoms with E-state index in [1.165, 1.54) is 21.6 Å². The summed E-state index contributed by atoms with van der Waals surface area (Å²) in [6, 6.07) is -2.08. The van der Waals surface area contributed by atoms with E-state index in [4.69, 9.17) is 4.74 Å². The highest BCUT2D eigenvalue weighted by molar-refractivity contribution is 8.76. The van der Waals surface area contributed by atoms with Crippen LogP contribution in [0.5, 0.6) is 0 Å². The number of esters is 1. The number of carbonyl (C=O) groups excluding carboxylic acids is 6. The summed E-state index contributed by atoms with van der Waals surface area (Å²) < 4.78 is 5.48. The van der Waals surface area contributed by atoms with Gasteiger partial charge < -0.3 is 35.8 Å². The number of hydrogen-bond acceptors (Lipinski definition) is 10. The monoisotopic (exact) mass is 610 g/mol. The number of nitrogens with zero attached hydrogens (tertiary/aromatic N) is 2. The zero-order valence-electron chi connectivity index (χ0n) is 23.1. The quantitative estimate of drug-likeness (QED) is 0.176. The first kappa shape index (κ1) is 31.2. The molecule has 2 saturated heterocycles. The second-order valence-corrected chi connectivity index (χ2v) is 13.3. The van der Waals surface area contributed by atoms with Crippen LogP contribution in [0.3, 0.4) is 0 Å². The molecule has 15 heteroatoms. The van der Waals surface area contributed by atoms with E-state index in [9.17, 15) is 28.8 Å². The number of amides is 5. The van der Waals surface area contributed by atoms with Crippen molar-refractivity contribution in [2.24, 2.45) is 0 Å². The molecule has 0 aromatic rings. The number of nitrogens with one attached hydrogen (secondary N) is 4. The molecular weight excluding hydrogens is 572 g/mol. The van der Waals surface area contributed by atoms with Gasteiger partial charge in [-0.15, -0.1) is 0 Å². The maximum atomic E-state index is 13.5. The molecule has 4 N–H and O–H groups in total. The molecule has 0 aromatic carbocycles. The second kappa shape index (κ2) is 14.4. The van der Waals surface area contributed by atoms with Crippen LogP contribution in [0.15, 0.2) is 12.2 Å². The van der Waals surface area contributed by atoms with Crippen LogP contribution >= 0.6 is 21.6 Å². The number of piperazine rings is 1. The van der Waals surface area contributed by atoms with Gasteiger partial charge in [0, 0.05) is 44.1 Å². The third kappa shape index (κ3) is 9.10. The van der Waals surface area contributed by atoms with E-state index in [0.717, 1.165) is 13.1 Å². The summed E-state index contributed by atoms with van der Waals surface area (Å²) in [4.78, 5) is 82.1. The Kier molecular flexibility index (Phi) is 10.9. The van der Waals surface area contributed by atoms with Crippen LogP contribution in [-0.4, -0.2) is 120 Å². The first-order chi connectivity index (χ1) is 19.6. The molecule has 3 heterocycles. The molecule has 3 aliphatic heterocycles. The number of rotatable bonds is 3. The lowest BCUT2D eigenvalue weighted by Gasteiger charge is -2.32. The van der Waals surface area contributed by atoms with Gasteiger partial charge in [-0.1, -0.05) is 27.7 Å². The van der Waals surface area contributed by atoms with Crippen molar-refractivity contribution in [3.63, 3.8) is 0 Å². The van der Waals surface area contributed by atoms with E-state index in [1.54, 1.807) is 11.0 Å². The van der Waals surface area contributed by atoms with E-state index >= 15 is 0 Å². The van der Waals surface area contributed by atoms with Crippen molar-refractivity contribution >= 4 is 57.1 Å². The van der Waals surface area contributed by atoms with E-state index in [2.05, 4.69) is 26.2 Å². The van der Waals surface area contributed by atoms with Crippen molar-refractivity contribution in [2.45, 2.75) is 62.3 Å². The molecule has 1 aliphatic carbocycles. The van der Waals surface area contributed by atoms with Crippen molar-refractivity contribution in [1.29, 1.82) is 0 Å². The Morgan fingerprint density at radius 2 is 1.80 bits per heavy atom. The third-order valence-corrected chi connectivity index (χ3v) is 9.88. The Hall–Kier alpha value is -2.78. The predicted octanol–water partition coefficient (Wildman–Crippen LogP) is -1.07. The highest BCUT2D eigenvalue weighted by Crippen LogP contribution is 2.36. The topological polar surface area (TPSA) is 166 Å². The molecule has 3 fully saturated rings. The summed E-state index contributed by atoms with van der Waals surface area (Å²) in [5.41, 5.74) is -1.15. The number of hydrogen-bond donors (Lipinski definition) is 4. The van der Waals surface area contributed by atoms with Gasteiger partial charge in [-0.05, 0) is 38.8 Å². The van der Waals surface area contributed by atoms with Gasteiger partial charge in [0.05, 0.1) is 6.42 Å². The zero-order valence-corrected chi connectivity index (χ0v) is 24.8. The van der Waals surface area contributed by atoms with Crippen LogP contribution in [0.4, 0.5) is 0 Å². The standard InChI is InChI=1S/C26H38N6O7S2/c1-31-9-11-32(12-10-31)21(34)6-5-18-23(36)29-19-16-41-40-13-3-2-4-17(14-20(33)28-18)39-22(35)15-27-25(38)26(7-8-26)30-24(19)37/h2,4,17-19H,3,5-16H2,1H3,(H,27,38)(H,28,33)(H,29,36)(H,30,37)/b4-2+/t17-,18-,19-/m1/s1. The largest absolute Gasteiger partial charge is 0.456 e. The Morgan fingerprint density at radius 3 is 2.54 bits per heavy atom. The van der Waals surface area contributed by atoms with E-state index in [1.807, 2.05) is 13.1 Å². The Balaban J connectivity index is 1.56. The molecule has 41 heavy (non-hydrogen) atoms. The molecule has 0 aromatic heterocycles. The minimum Gasteiger partial charge on any atom is -0.456 e. The highest BCUT2D eigenvalue weighted by Gasteiger charge is 2.52. The molecule has 3 atom stereocenters. The van der Waals surface area contributed by atoms with Crippen LogP contribution < -0.4 is 21.3 Å². The molecule has 5 amide bonds. The van der Waals surface area contributed by atoms with E-state index < -0.39 is 59.9 Å². The van der Waals surface area contributed by atoms with Gasteiger partial charge in [-0.3, -0.25) is 28.8 Å². The van der Waals surface area contributed by atoms with Crippen LogP contribution in [0.2, 0.25) is 0 Å². The van der Waals surface area contributed by atoms with Crippen LogP contribution in [0.1, 0.15) is 38.5 Å².